The van der Waals surface area contributed by atoms with E-state index in [1.165, 1.54) is 10.6 Å². The Kier molecular flexibility index (Phi) is 1.42. The Labute approximate surface area is 70.8 Å². The van der Waals surface area contributed by atoms with Crippen LogP contribution in [0.5, 0.6) is 0 Å². The molecule has 0 amide bonds. The van der Waals surface area contributed by atoms with E-state index in [0.29, 0.717) is 0 Å². The predicted molar refractivity (Wildman–Crippen MR) is 42.9 cm³/mol. The van der Waals surface area contributed by atoms with Crippen molar-refractivity contribution in [1.82, 2.24) is 9.61 Å². The number of aromatic nitrogens is 2. The zero-order chi connectivity index (χ0) is 7.84. The summed E-state index contributed by atoms with van der Waals surface area (Å²) in [5.41, 5.74) is 0.741. The van der Waals surface area contributed by atoms with Crippen molar-refractivity contribution in [2.75, 3.05) is 0 Å². The maximum atomic E-state index is 12.9. The molecule has 0 aromatic carbocycles. The SMILES string of the molecule is Fc1ccc(Br)c2ccnn12. The van der Waals surface area contributed by atoms with E-state index in [2.05, 4.69) is 21.0 Å². The average molecular weight is 215 g/mol. The molecule has 4 heteroatoms. The summed E-state index contributed by atoms with van der Waals surface area (Å²) < 4.78 is 15.0. The van der Waals surface area contributed by atoms with Gasteiger partial charge in [0, 0.05) is 4.47 Å². The number of fused-ring (bicyclic) bond motifs is 1. The minimum atomic E-state index is -0.354. The Balaban J connectivity index is 2.96. The number of hydrogen-bond acceptors (Lipinski definition) is 1. The summed E-state index contributed by atoms with van der Waals surface area (Å²) in [5, 5.41) is 3.79. The van der Waals surface area contributed by atoms with Gasteiger partial charge in [-0.2, -0.15) is 9.49 Å². The predicted octanol–water partition coefficient (Wildman–Crippen LogP) is 2.24. The van der Waals surface area contributed by atoms with Gasteiger partial charge in [-0.05, 0) is 34.1 Å². The summed E-state index contributed by atoms with van der Waals surface area (Å²) >= 11 is 3.28. The van der Waals surface area contributed by atoms with Gasteiger partial charge in [-0.25, -0.2) is 4.52 Å². The van der Waals surface area contributed by atoms with Gasteiger partial charge in [0.25, 0.3) is 0 Å². The van der Waals surface area contributed by atoms with Crippen molar-refractivity contribution in [3.8, 4) is 0 Å². The molecular weight excluding hydrogens is 211 g/mol. The van der Waals surface area contributed by atoms with Crippen LogP contribution in [0.3, 0.4) is 0 Å². The fourth-order valence-electron chi connectivity index (χ4n) is 0.952. The maximum absolute atomic E-state index is 12.9. The van der Waals surface area contributed by atoms with E-state index < -0.39 is 0 Å². The van der Waals surface area contributed by atoms with E-state index in [4.69, 9.17) is 0 Å². The molecule has 0 aliphatic rings. The Bertz CT molecular complexity index is 360. The molecule has 2 rings (SSSR count). The summed E-state index contributed by atoms with van der Waals surface area (Å²) in [6.45, 7) is 0. The topological polar surface area (TPSA) is 17.3 Å². The molecule has 0 spiro atoms. The third-order valence-corrected chi connectivity index (χ3v) is 2.13. The van der Waals surface area contributed by atoms with Gasteiger partial charge in [0.2, 0.25) is 5.95 Å². The van der Waals surface area contributed by atoms with Gasteiger partial charge < -0.3 is 0 Å². The fraction of sp³-hybridized carbons (Fsp3) is 0. The number of hydrogen-bond donors (Lipinski definition) is 0. The van der Waals surface area contributed by atoms with Crippen LogP contribution in [-0.2, 0) is 0 Å². The second kappa shape index (κ2) is 2.30. The summed E-state index contributed by atoms with van der Waals surface area (Å²) in [7, 11) is 0. The van der Waals surface area contributed by atoms with Gasteiger partial charge >= 0.3 is 0 Å². The highest BCUT2D eigenvalue weighted by Gasteiger charge is 2.02. The molecule has 0 aliphatic carbocycles. The van der Waals surface area contributed by atoms with E-state index in [1.54, 1.807) is 18.3 Å². The highest BCUT2D eigenvalue weighted by Crippen LogP contribution is 2.17. The highest BCUT2D eigenvalue weighted by atomic mass is 79.9. The van der Waals surface area contributed by atoms with Crippen LogP contribution >= 0.6 is 15.9 Å². The van der Waals surface area contributed by atoms with Crippen LogP contribution in [-0.4, -0.2) is 9.61 Å². The zero-order valence-corrected chi connectivity index (χ0v) is 7.05. The lowest BCUT2D eigenvalue weighted by Gasteiger charge is -1.95. The molecule has 0 atom stereocenters. The van der Waals surface area contributed by atoms with Crippen LogP contribution in [0.25, 0.3) is 5.52 Å². The van der Waals surface area contributed by atoms with Crippen molar-refractivity contribution in [2.24, 2.45) is 0 Å². The molecule has 0 bridgehead atoms. The van der Waals surface area contributed by atoms with Crippen LogP contribution in [0.1, 0.15) is 0 Å². The van der Waals surface area contributed by atoms with Crippen molar-refractivity contribution in [1.29, 1.82) is 0 Å². The zero-order valence-electron chi connectivity index (χ0n) is 5.46. The molecule has 11 heavy (non-hydrogen) atoms. The molecule has 0 aliphatic heterocycles. The van der Waals surface area contributed by atoms with E-state index in [-0.39, 0.29) is 5.95 Å². The Hall–Kier alpha value is -0.900. The average Bonchev–Trinajstić information content (AvgIpc) is 2.45. The molecule has 0 radical (unpaired) electrons. The van der Waals surface area contributed by atoms with Crippen molar-refractivity contribution < 1.29 is 4.39 Å². The molecule has 2 heterocycles. The lowest BCUT2D eigenvalue weighted by molar-refractivity contribution is 0.544. The first-order valence-electron chi connectivity index (χ1n) is 3.07. The number of halogens is 2. The van der Waals surface area contributed by atoms with Crippen molar-refractivity contribution >= 4 is 21.4 Å². The third kappa shape index (κ3) is 0.939. The van der Waals surface area contributed by atoms with Crippen molar-refractivity contribution in [3.05, 3.63) is 34.8 Å². The Morgan fingerprint density at radius 2 is 2.18 bits per heavy atom. The summed E-state index contributed by atoms with van der Waals surface area (Å²) in [4.78, 5) is 0. The minimum Gasteiger partial charge on any atom is -0.206 e. The standard InChI is InChI=1S/C7H4BrFN2/c8-5-1-2-7(9)11-6(5)3-4-10-11/h1-4H. The largest absolute Gasteiger partial charge is 0.214 e. The normalized spacial score (nSPS) is 10.7. The smallest absolute Gasteiger partial charge is 0.206 e. The molecule has 2 aromatic rings. The molecular formula is C7H4BrFN2. The summed E-state index contributed by atoms with van der Waals surface area (Å²) in [5.74, 6) is -0.354. The third-order valence-electron chi connectivity index (χ3n) is 1.46. The number of pyridine rings is 1. The summed E-state index contributed by atoms with van der Waals surface area (Å²) in [6, 6.07) is 4.77. The van der Waals surface area contributed by atoms with Gasteiger partial charge in [0.05, 0.1) is 11.7 Å². The van der Waals surface area contributed by atoms with E-state index in [9.17, 15) is 4.39 Å². The van der Waals surface area contributed by atoms with Crippen LogP contribution in [0, 0.1) is 5.95 Å². The van der Waals surface area contributed by atoms with Crippen LogP contribution in [0.4, 0.5) is 4.39 Å². The second-order valence-corrected chi connectivity index (χ2v) is 2.99. The molecule has 0 unspecified atom stereocenters. The van der Waals surface area contributed by atoms with Crippen LogP contribution in [0.15, 0.2) is 28.9 Å². The first-order chi connectivity index (χ1) is 5.29. The molecule has 0 fully saturated rings. The highest BCUT2D eigenvalue weighted by molar-refractivity contribution is 9.10. The van der Waals surface area contributed by atoms with E-state index in [0.717, 1.165) is 9.99 Å². The van der Waals surface area contributed by atoms with Crippen LogP contribution < -0.4 is 0 Å². The lowest BCUT2D eigenvalue weighted by atomic mass is 10.4. The van der Waals surface area contributed by atoms with E-state index in [1.807, 2.05) is 0 Å². The fourth-order valence-corrected chi connectivity index (χ4v) is 1.38. The minimum absolute atomic E-state index is 0.354. The second-order valence-electron chi connectivity index (χ2n) is 2.13. The quantitative estimate of drug-likeness (QED) is 0.616. The van der Waals surface area contributed by atoms with Gasteiger partial charge in [-0.15, -0.1) is 0 Å². The Morgan fingerprint density at radius 3 is 2.91 bits per heavy atom. The van der Waals surface area contributed by atoms with Gasteiger partial charge in [0.1, 0.15) is 0 Å². The number of rotatable bonds is 0. The maximum Gasteiger partial charge on any atom is 0.214 e. The molecule has 0 saturated carbocycles. The molecule has 56 valence electrons. The number of nitrogens with zero attached hydrogens (tertiary/aromatic N) is 2. The van der Waals surface area contributed by atoms with Crippen LogP contribution in [0.2, 0.25) is 0 Å². The van der Waals surface area contributed by atoms with Crippen molar-refractivity contribution in [3.63, 3.8) is 0 Å². The first kappa shape index (κ1) is 6.79. The van der Waals surface area contributed by atoms with Gasteiger partial charge in [-0.3, -0.25) is 0 Å². The van der Waals surface area contributed by atoms with Gasteiger partial charge in [-0.1, -0.05) is 0 Å². The lowest BCUT2D eigenvalue weighted by Crippen LogP contribution is -1.93. The molecule has 2 aromatic heterocycles. The monoisotopic (exact) mass is 214 g/mol. The summed E-state index contributed by atoms with van der Waals surface area (Å²) in [6.07, 6.45) is 1.56. The van der Waals surface area contributed by atoms with E-state index >= 15 is 0 Å². The van der Waals surface area contributed by atoms with Gasteiger partial charge in [0.15, 0.2) is 0 Å². The first-order valence-corrected chi connectivity index (χ1v) is 3.86. The van der Waals surface area contributed by atoms with Crippen molar-refractivity contribution in [2.45, 2.75) is 0 Å². The Morgan fingerprint density at radius 1 is 1.36 bits per heavy atom. The molecule has 0 N–H and O–H groups in total. The molecule has 0 saturated heterocycles. The molecule has 2 nitrogen and oxygen atoms in total.